The lowest BCUT2D eigenvalue weighted by atomic mass is 10.1. The van der Waals surface area contributed by atoms with Crippen LogP contribution in [0.1, 0.15) is 31.1 Å². The van der Waals surface area contributed by atoms with E-state index >= 15 is 0 Å². The quantitative estimate of drug-likeness (QED) is 0.915. The van der Waals surface area contributed by atoms with Crippen molar-refractivity contribution in [3.8, 4) is 11.4 Å². The van der Waals surface area contributed by atoms with Crippen molar-refractivity contribution in [2.75, 3.05) is 6.54 Å². The molecule has 2 aromatic rings. The van der Waals surface area contributed by atoms with Crippen LogP contribution in [0, 0.1) is 12.7 Å². The number of hydrogen-bond acceptors (Lipinski definition) is 3. The first kappa shape index (κ1) is 15.1. The fraction of sp³-hybridized carbons (Fsp3) is 0.333. The van der Waals surface area contributed by atoms with Crippen molar-refractivity contribution in [3.63, 3.8) is 0 Å². The zero-order valence-electron chi connectivity index (χ0n) is 11.7. The summed E-state index contributed by atoms with van der Waals surface area (Å²) in [5, 5.41) is 3.33. The minimum absolute atomic E-state index is 0.202. The van der Waals surface area contributed by atoms with Crippen LogP contribution in [-0.4, -0.2) is 16.5 Å². The van der Waals surface area contributed by atoms with Gasteiger partial charge in [0.2, 0.25) is 0 Å². The van der Waals surface area contributed by atoms with E-state index in [1.54, 1.807) is 0 Å². The first-order chi connectivity index (χ1) is 9.51. The Balaban J connectivity index is 2.37. The van der Waals surface area contributed by atoms with Crippen LogP contribution >= 0.6 is 15.9 Å². The van der Waals surface area contributed by atoms with Gasteiger partial charge in [-0.2, -0.15) is 0 Å². The van der Waals surface area contributed by atoms with Crippen molar-refractivity contribution >= 4 is 15.9 Å². The standard InChI is InChI=1S/C15H17BrFN3/c1-4-18-9(2)14-8-19-15(20-10(14)3)11-5-12(16)7-13(17)6-11/h5-9,18H,4H2,1-3H3. The minimum atomic E-state index is -0.305. The van der Waals surface area contributed by atoms with Crippen LogP contribution < -0.4 is 5.32 Å². The molecule has 0 radical (unpaired) electrons. The van der Waals surface area contributed by atoms with Gasteiger partial charge < -0.3 is 5.32 Å². The predicted molar refractivity (Wildman–Crippen MR) is 82.0 cm³/mol. The summed E-state index contributed by atoms with van der Waals surface area (Å²) in [6, 6.07) is 4.86. The number of aryl methyl sites for hydroxylation is 1. The number of nitrogens with one attached hydrogen (secondary N) is 1. The van der Waals surface area contributed by atoms with Gasteiger partial charge in [-0.3, -0.25) is 0 Å². The van der Waals surface area contributed by atoms with Gasteiger partial charge in [0.1, 0.15) is 5.82 Å². The lowest BCUT2D eigenvalue weighted by Gasteiger charge is -2.15. The Bertz CT molecular complexity index is 596. The molecule has 0 saturated carbocycles. The van der Waals surface area contributed by atoms with E-state index in [-0.39, 0.29) is 11.9 Å². The molecule has 0 aliphatic heterocycles. The summed E-state index contributed by atoms with van der Waals surface area (Å²) in [6.07, 6.45) is 1.81. The molecule has 1 N–H and O–H groups in total. The van der Waals surface area contributed by atoms with E-state index in [0.717, 1.165) is 17.8 Å². The van der Waals surface area contributed by atoms with E-state index in [4.69, 9.17) is 0 Å². The van der Waals surface area contributed by atoms with Crippen molar-refractivity contribution in [2.24, 2.45) is 0 Å². The zero-order chi connectivity index (χ0) is 14.7. The number of hydrogen-bond donors (Lipinski definition) is 1. The SMILES string of the molecule is CCNC(C)c1cnc(-c2cc(F)cc(Br)c2)nc1C. The molecule has 2 rings (SSSR count). The highest BCUT2D eigenvalue weighted by molar-refractivity contribution is 9.10. The molecule has 0 bridgehead atoms. The van der Waals surface area contributed by atoms with Gasteiger partial charge in [-0.25, -0.2) is 14.4 Å². The van der Waals surface area contributed by atoms with E-state index < -0.39 is 0 Å². The smallest absolute Gasteiger partial charge is 0.159 e. The first-order valence-electron chi connectivity index (χ1n) is 6.54. The van der Waals surface area contributed by atoms with Crippen molar-refractivity contribution in [2.45, 2.75) is 26.8 Å². The van der Waals surface area contributed by atoms with Gasteiger partial charge in [0, 0.05) is 33.5 Å². The normalized spacial score (nSPS) is 12.4. The highest BCUT2D eigenvalue weighted by Crippen LogP contribution is 2.23. The van der Waals surface area contributed by atoms with E-state index in [9.17, 15) is 4.39 Å². The first-order valence-corrected chi connectivity index (χ1v) is 7.34. The number of rotatable bonds is 4. The van der Waals surface area contributed by atoms with Crippen LogP contribution in [0.25, 0.3) is 11.4 Å². The molecule has 1 aromatic carbocycles. The van der Waals surface area contributed by atoms with Gasteiger partial charge in [0.15, 0.2) is 5.82 Å². The van der Waals surface area contributed by atoms with Crippen LogP contribution in [0.3, 0.4) is 0 Å². The summed E-state index contributed by atoms with van der Waals surface area (Å²) in [4.78, 5) is 8.85. The van der Waals surface area contributed by atoms with Crippen molar-refractivity contribution in [1.29, 1.82) is 0 Å². The summed E-state index contributed by atoms with van der Waals surface area (Å²) in [5.74, 6) is 0.232. The molecule has 1 aromatic heterocycles. The maximum atomic E-state index is 13.4. The Hall–Kier alpha value is -1.33. The lowest BCUT2D eigenvalue weighted by molar-refractivity contribution is 0.590. The van der Waals surface area contributed by atoms with Crippen molar-refractivity contribution in [1.82, 2.24) is 15.3 Å². The largest absolute Gasteiger partial charge is 0.310 e. The summed E-state index contributed by atoms with van der Waals surface area (Å²) in [7, 11) is 0. The van der Waals surface area contributed by atoms with Crippen LogP contribution in [0.5, 0.6) is 0 Å². The van der Waals surface area contributed by atoms with Gasteiger partial charge in [-0.05, 0) is 38.6 Å². The number of aromatic nitrogens is 2. The fourth-order valence-corrected chi connectivity index (χ4v) is 2.60. The number of halogens is 2. The Morgan fingerprint density at radius 2 is 2.10 bits per heavy atom. The van der Waals surface area contributed by atoms with Gasteiger partial charge in [0.25, 0.3) is 0 Å². The topological polar surface area (TPSA) is 37.8 Å². The third kappa shape index (κ3) is 3.41. The van der Waals surface area contributed by atoms with Gasteiger partial charge >= 0.3 is 0 Å². The molecule has 0 aliphatic rings. The molecule has 3 nitrogen and oxygen atoms in total. The lowest BCUT2D eigenvalue weighted by Crippen LogP contribution is -2.19. The molecule has 106 valence electrons. The third-order valence-corrected chi connectivity index (χ3v) is 3.57. The molecule has 0 amide bonds. The van der Waals surface area contributed by atoms with E-state index in [2.05, 4.69) is 45.1 Å². The Labute approximate surface area is 126 Å². The average molecular weight is 338 g/mol. The molecule has 0 spiro atoms. The Kier molecular flexibility index (Phi) is 4.83. The molecule has 1 unspecified atom stereocenters. The Morgan fingerprint density at radius 1 is 1.35 bits per heavy atom. The average Bonchev–Trinajstić information content (AvgIpc) is 2.37. The van der Waals surface area contributed by atoms with Gasteiger partial charge in [-0.15, -0.1) is 0 Å². The highest BCUT2D eigenvalue weighted by Gasteiger charge is 2.11. The van der Waals surface area contributed by atoms with Crippen LogP contribution in [0.4, 0.5) is 4.39 Å². The summed E-state index contributed by atoms with van der Waals surface area (Å²) in [6.45, 7) is 6.97. The van der Waals surface area contributed by atoms with Crippen molar-refractivity contribution < 1.29 is 4.39 Å². The maximum Gasteiger partial charge on any atom is 0.159 e. The van der Waals surface area contributed by atoms with E-state index in [0.29, 0.717) is 15.9 Å². The second-order valence-corrected chi connectivity index (χ2v) is 5.59. The fourth-order valence-electron chi connectivity index (χ4n) is 2.14. The van der Waals surface area contributed by atoms with Crippen LogP contribution in [-0.2, 0) is 0 Å². The van der Waals surface area contributed by atoms with Crippen LogP contribution in [0.2, 0.25) is 0 Å². The van der Waals surface area contributed by atoms with E-state index in [1.807, 2.05) is 19.2 Å². The summed E-state index contributed by atoms with van der Waals surface area (Å²) < 4.78 is 14.1. The highest BCUT2D eigenvalue weighted by atomic mass is 79.9. The summed E-state index contributed by atoms with van der Waals surface area (Å²) in [5.41, 5.74) is 2.64. The third-order valence-electron chi connectivity index (χ3n) is 3.11. The molecular weight excluding hydrogens is 321 g/mol. The second kappa shape index (κ2) is 6.41. The molecule has 20 heavy (non-hydrogen) atoms. The zero-order valence-corrected chi connectivity index (χ0v) is 13.3. The van der Waals surface area contributed by atoms with Gasteiger partial charge in [0.05, 0.1) is 0 Å². The molecular formula is C15H17BrFN3. The summed E-state index contributed by atoms with van der Waals surface area (Å²) >= 11 is 3.28. The van der Waals surface area contributed by atoms with Crippen molar-refractivity contribution in [3.05, 3.63) is 45.9 Å². The van der Waals surface area contributed by atoms with Gasteiger partial charge in [-0.1, -0.05) is 22.9 Å². The molecule has 0 aliphatic carbocycles. The molecule has 5 heteroatoms. The monoisotopic (exact) mass is 337 g/mol. The second-order valence-electron chi connectivity index (χ2n) is 4.67. The molecule has 0 fully saturated rings. The number of nitrogens with zero attached hydrogens (tertiary/aromatic N) is 2. The molecule has 1 heterocycles. The molecule has 1 atom stereocenters. The maximum absolute atomic E-state index is 13.4. The van der Waals surface area contributed by atoms with E-state index in [1.165, 1.54) is 12.1 Å². The number of benzene rings is 1. The predicted octanol–water partition coefficient (Wildman–Crippen LogP) is 4.02. The molecule has 0 saturated heterocycles. The Morgan fingerprint density at radius 3 is 2.70 bits per heavy atom. The van der Waals surface area contributed by atoms with Crippen LogP contribution in [0.15, 0.2) is 28.9 Å². The minimum Gasteiger partial charge on any atom is -0.310 e.